The summed E-state index contributed by atoms with van der Waals surface area (Å²) in [5, 5.41) is 2.82. The van der Waals surface area contributed by atoms with Crippen molar-refractivity contribution in [3.63, 3.8) is 0 Å². The number of nitrogens with one attached hydrogen (secondary N) is 1. The number of hydrogen-bond acceptors (Lipinski definition) is 6. The van der Waals surface area contributed by atoms with E-state index in [0.29, 0.717) is 27.7 Å². The van der Waals surface area contributed by atoms with Gasteiger partial charge in [-0.15, -0.1) is 0 Å². The van der Waals surface area contributed by atoms with Crippen LogP contribution in [0, 0.1) is 13.8 Å². The Morgan fingerprint density at radius 2 is 1.48 bits per heavy atom. The Labute approximate surface area is 248 Å². The molecule has 0 aliphatic carbocycles. The van der Waals surface area contributed by atoms with Crippen molar-refractivity contribution < 1.29 is 4.79 Å². The Kier molecular flexibility index (Phi) is 7.26. The number of aromatic nitrogens is 6. The van der Waals surface area contributed by atoms with Gasteiger partial charge in [0.1, 0.15) is 12.1 Å². The molecule has 210 valence electrons. The lowest BCUT2D eigenvalue weighted by Gasteiger charge is -2.14. The van der Waals surface area contributed by atoms with Crippen LogP contribution in [-0.4, -0.2) is 34.6 Å². The van der Waals surface area contributed by atoms with Crippen molar-refractivity contribution in [3.05, 3.63) is 127 Å². The molecule has 1 N–H and O–H groups in total. The summed E-state index contributed by atoms with van der Waals surface area (Å²) in [5.74, 6) is -0.536. The molecule has 42 heavy (non-hydrogen) atoms. The van der Waals surface area contributed by atoms with Crippen LogP contribution in [0.15, 0.2) is 93.2 Å². The maximum atomic E-state index is 13.8. The largest absolute Gasteiger partial charge is 0.333 e. The van der Waals surface area contributed by atoms with Gasteiger partial charge in [-0.25, -0.2) is 24.3 Å². The van der Waals surface area contributed by atoms with Crippen LogP contribution in [-0.2, 0) is 24.4 Å². The summed E-state index contributed by atoms with van der Waals surface area (Å²) in [4.78, 5) is 54.5. The minimum atomic E-state index is -0.619. The Balaban J connectivity index is 1.41. The number of carbonyl (C=O) groups is 1. The zero-order chi connectivity index (χ0) is 29.4. The van der Waals surface area contributed by atoms with Gasteiger partial charge in [0.2, 0.25) is 5.91 Å². The number of carbonyl (C=O) groups excluding carboxylic acids is 1. The zero-order valence-corrected chi connectivity index (χ0v) is 24.5. The molecule has 6 rings (SSSR count). The molecule has 10 nitrogen and oxygen atoms in total. The summed E-state index contributed by atoms with van der Waals surface area (Å²) >= 11 is 3.54. The first-order valence-corrected chi connectivity index (χ1v) is 14.1. The van der Waals surface area contributed by atoms with E-state index in [1.165, 1.54) is 4.57 Å². The maximum Gasteiger partial charge on any atom is 0.333 e. The molecule has 0 saturated heterocycles. The molecule has 3 aromatic carbocycles. The van der Waals surface area contributed by atoms with E-state index < -0.39 is 23.7 Å². The van der Waals surface area contributed by atoms with Crippen LogP contribution in [0.2, 0.25) is 0 Å². The molecule has 0 saturated carbocycles. The van der Waals surface area contributed by atoms with E-state index in [-0.39, 0.29) is 17.7 Å². The predicted molar refractivity (Wildman–Crippen MR) is 165 cm³/mol. The maximum absolute atomic E-state index is 13.8. The van der Waals surface area contributed by atoms with Crippen LogP contribution in [0.3, 0.4) is 0 Å². The van der Waals surface area contributed by atoms with Gasteiger partial charge in [0.15, 0.2) is 11.2 Å². The minimum Gasteiger partial charge on any atom is -0.323 e. The Bertz CT molecular complexity index is 2080. The van der Waals surface area contributed by atoms with Gasteiger partial charge in [-0.2, -0.15) is 0 Å². The van der Waals surface area contributed by atoms with Gasteiger partial charge in [0.25, 0.3) is 5.56 Å². The highest BCUT2D eigenvalue weighted by molar-refractivity contribution is 9.10. The van der Waals surface area contributed by atoms with Gasteiger partial charge in [0, 0.05) is 6.54 Å². The van der Waals surface area contributed by atoms with E-state index in [0.717, 1.165) is 27.1 Å². The molecule has 3 heterocycles. The molecule has 0 atom stereocenters. The number of halogens is 1. The average molecular weight is 624 g/mol. The van der Waals surface area contributed by atoms with Crippen LogP contribution in [0.4, 0.5) is 5.69 Å². The van der Waals surface area contributed by atoms with E-state index in [9.17, 15) is 14.4 Å². The lowest BCUT2D eigenvalue weighted by atomic mass is 10.2. The SMILES string of the molecule is Cc1nc2ccc(NC(=O)Cn3c(=O)c4c(ncn4Cc4ccccc4)n(Cc4ccccc4)c3=O)c(Br)c2nc1C. The fourth-order valence-corrected chi connectivity index (χ4v) is 5.40. The van der Waals surface area contributed by atoms with Crippen molar-refractivity contribution in [2.75, 3.05) is 5.32 Å². The Morgan fingerprint density at radius 1 is 0.833 bits per heavy atom. The van der Waals surface area contributed by atoms with Crippen LogP contribution >= 0.6 is 15.9 Å². The summed E-state index contributed by atoms with van der Waals surface area (Å²) in [5.41, 5.74) is 4.47. The zero-order valence-electron chi connectivity index (χ0n) is 22.9. The number of benzene rings is 3. The molecule has 0 fully saturated rings. The van der Waals surface area contributed by atoms with E-state index in [2.05, 4.69) is 36.2 Å². The second-order valence-electron chi connectivity index (χ2n) is 10.0. The molecule has 0 aliphatic rings. The Hall–Kier alpha value is -4.90. The number of aryl methyl sites for hydroxylation is 2. The lowest BCUT2D eigenvalue weighted by Crippen LogP contribution is -2.43. The van der Waals surface area contributed by atoms with Crippen molar-refractivity contribution >= 4 is 49.7 Å². The second kappa shape index (κ2) is 11.2. The first-order valence-electron chi connectivity index (χ1n) is 13.3. The normalized spacial score (nSPS) is 11.3. The second-order valence-corrected chi connectivity index (χ2v) is 10.8. The number of anilines is 1. The third-order valence-electron chi connectivity index (χ3n) is 7.12. The van der Waals surface area contributed by atoms with Gasteiger partial charge in [0.05, 0.1) is 39.9 Å². The van der Waals surface area contributed by atoms with Gasteiger partial charge >= 0.3 is 5.69 Å². The number of fused-ring (bicyclic) bond motifs is 2. The fourth-order valence-electron chi connectivity index (χ4n) is 4.88. The quantitative estimate of drug-likeness (QED) is 0.281. The highest BCUT2D eigenvalue weighted by atomic mass is 79.9. The Morgan fingerprint density at radius 3 is 2.17 bits per heavy atom. The summed E-state index contributed by atoms with van der Waals surface area (Å²) in [7, 11) is 0. The molecule has 0 spiro atoms. The molecule has 3 aromatic heterocycles. The molecular weight excluding hydrogens is 598 g/mol. The number of imidazole rings is 1. The van der Waals surface area contributed by atoms with E-state index in [4.69, 9.17) is 0 Å². The smallest absolute Gasteiger partial charge is 0.323 e. The molecular formula is C31H26BrN7O3. The van der Waals surface area contributed by atoms with E-state index >= 15 is 0 Å². The standard InChI is InChI=1S/C31H26BrN7O3/c1-19-20(2)35-27-24(34-19)14-13-23(26(27)32)36-25(40)17-39-30(41)28-29(33-18-37(28)15-21-9-5-3-6-10-21)38(31(39)42)16-22-11-7-4-8-12-22/h3-14,18H,15-17H2,1-2H3,(H,36,40). The average Bonchev–Trinajstić information content (AvgIpc) is 3.40. The van der Waals surface area contributed by atoms with Crippen molar-refractivity contribution in [2.24, 2.45) is 0 Å². The fraction of sp³-hybridized carbons (Fsp3) is 0.161. The summed E-state index contributed by atoms with van der Waals surface area (Å²) in [6, 6.07) is 22.6. The molecule has 11 heteroatoms. The summed E-state index contributed by atoms with van der Waals surface area (Å²) in [6.45, 7) is 3.84. The number of amides is 1. The van der Waals surface area contributed by atoms with E-state index in [1.54, 1.807) is 23.0 Å². The molecule has 0 unspecified atom stereocenters. The molecule has 0 aliphatic heterocycles. The summed E-state index contributed by atoms with van der Waals surface area (Å²) in [6.07, 6.45) is 1.56. The molecule has 0 radical (unpaired) electrons. The first kappa shape index (κ1) is 27.3. The monoisotopic (exact) mass is 623 g/mol. The van der Waals surface area contributed by atoms with Crippen LogP contribution in [0.5, 0.6) is 0 Å². The van der Waals surface area contributed by atoms with Gasteiger partial charge in [-0.3, -0.25) is 14.2 Å². The molecule has 6 aromatic rings. The first-order chi connectivity index (χ1) is 20.3. The van der Waals surface area contributed by atoms with Gasteiger partial charge in [-0.05, 0) is 53.0 Å². The summed E-state index contributed by atoms with van der Waals surface area (Å²) < 4.78 is 4.68. The third-order valence-corrected chi connectivity index (χ3v) is 7.93. The number of nitrogens with zero attached hydrogens (tertiary/aromatic N) is 6. The van der Waals surface area contributed by atoms with Crippen molar-refractivity contribution in [1.29, 1.82) is 0 Å². The topological polar surface area (TPSA) is 117 Å². The lowest BCUT2D eigenvalue weighted by molar-refractivity contribution is -0.116. The third kappa shape index (κ3) is 5.14. The highest BCUT2D eigenvalue weighted by Gasteiger charge is 2.21. The van der Waals surface area contributed by atoms with Gasteiger partial charge in [-0.1, -0.05) is 60.7 Å². The predicted octanol–water partition coefficient (Wildman–Crippen LogP) is 4.42. The minimum absolute atomic E-state index is 0.189. The van der Waals surface area contributed by atoms with Gasteiger partial charge < -0.3 is 9.88 Å². The van der Waals surface area contributed by atoms with Crippen molar-refractivity contribution in [3.8, 4) is 0 Å². The van der Waals surface area contributed by atoms with Crippen molar-refractivity contribution in [2.45, 2.75) is 33.5 Å². The van der Waals surface area contributed by atoms with Crippen molar-refractivity contribution in [1.82, 2.24) is 28.7 Å². The van der Waals surface area contributed by atoms with Crippen LogP contribution in [0.1, 0.15) is 22.5 Å². The number of hydrogen-bond donors (Lipinski definition) is 1. The molecule has 1 amide bonds. The van der Waals surface area contributed by atoms with Crippen LogP contribution in [0.25, 0.3) is 22.2 Å². The van der Waals surface area contributed by atoms with Crippen LogP contribution < -0.4 is 16.6 Å². The van der Waals surface area contributed by atoms with E-state index in [1.807, 2.05) is 74.5 Å². The number of rotatable bonds is 7. The highest BCUT2D eigenvalue weighted by Crippen LogP contribution is 2.30. The molecule has 0 bridgehead atoms.